The normalized spacial score (nSPS) is 15.1. The molecule has 0 spiro atoms. The van der Waals surface area contributed by atoms with Crippen LogP contribution in [0.5, 0.6) is 0 Å². The lowest BCUT2D eigenvalue weighted by molar-refractivity contribution is -0.137. The van der Waals surface area contributed by atoms with E-state index in [-0.39, 0.29) is 12.5 Å². The third kappa shape index (κ3) is 16.7. The topological polar surface area (TPSA) is 77.8 Å². The monoisotopic (exact) mass is 336 g/mol. The third-order valence-electron chi connectivity index (χ3n) is 3.49. The maximum absolute atomic E-state index is 10.3. The SMILES string of the molecule is CCC(O)CC/C=C\C/C=C\C/C=C\C=C\C(O)CCCC(=O)O. The minimum absolute atomic E-state index is 0.0964. The van der Waals surface area contributed by atoms with Crippen LogP contribution in [-0.4, -0.2) is 33.5 Å². The number of aliphatic carboxylic acids is 1. The van der Waals surface area contributed by atoms with Crippen molar-refractivity contribution in [3.63, 3.8) is 0 Å². The van der Waals surface area contributed by atoms with Crippen molar-refractivity contribution < 1.29 is 20.1 Å². The third-order valence-corrected chi connectivity index (χ3v) is 3.49. The first kappa shape index (κ1) is 22.4. The molecule has 0 aliphatic rings. The van der Waals surface area contributed by atoms with Gasteiger partial charge in [0.15, 0.2) is 0 Å². The van der Waals surface area contributed by atoms with Gasteiger partial charge in [0.2, 0.25) is 0 Å². The van der Waals surface area contributed by atoms with Crippen LogP contribution in [0.3, 0.4) is 0 Å². The smallest absolute Gasteiger partial charge is 0.303 e. The molecule has 0 fully saturated rings. The number of carboxylic acids is 1. The van der Waals surface area contributed by atoms with Gasteiger partial charge in [0, 0.05) is 6.42 Å². The molecule has 24 heavy (non-hydrogen) atoms. The summed E-state index contributed by atoms with van der Waals surface area (Å²) in [6.45, 7) is 1.99. The summed E-state index contributed by atoms with van der Waals surface area (Å²) in [4.78, 5) is 10.3. The highest BCUT2D eigenvalue weighted by Gasteiger charge is 2.01. The largest absolute Gasteiger partial charge is 0.481 e. The van der Waals surface area contributed by atoms with Gasteiger partial charge in [0.25, 0.3) is 0 Å². The fourth-order valence-corrected chi connectivity index (χ4v) is 1.96. The Hall–Kier alpha value is -1.65. The number of allylic oxidation sites excluding steroid dienone is 7. The summed E-state index contributed by atoms with van der Waals surface area (Å²) in [6.07, 6.45) is 20.3. The van der Waals surface area contributed by atoms with Crippen LogP contribution in [0.15, 0.2) is 48.6 Å². The highest BCUT2D eigenvalue weighted by molar-refractivity contribution is 5.66. The van der Waals surface area contributed by atoms with Crippen LogP contribution < -0.4 is 0 Å². The van der Waals surface area contributed by atoms with Crippen LogP contribution in [0.4, 0.5) is 0 Å². The van der Waals surface area contributed by atoms with Gasteiger partial charge in [-0.1, -0.05) is 55.5 Å². The lowest BCUT2D eigenvalue weighted by Gasteiger charge is -2.03. The zero-order valence-corrected chi connectivity index (χ0v) is 14.7. The van der Waals surface area contributed by atoms with Gasteiger partial charge in [-0.2, -0.15) is 0 Å². The Morgan fingerprint density at radius 2 is 1.62 bits per heavy atom. The minimum atomic E-state index is -0.828. The molecule has 0 saturated carbocycles. The van der Waals surface area contributed by atoms with Crippen molar-refractivity contribution in [2.24, 2.45) is 0 Å². The standard InChI is InChI=1S/C20H32O4/c1-2-18(21)14-11-9-7-5-3-4-6-8-10-12-15-19(22)16-13-17-20(23)24/h3-4,7-10,12,15,18-19,21-22H,2,5-6,11,13-14,16-17H2,1H3,(H,23,24)/b4-3-,9-7-,10-8-,15-12+. The van der Waals surface area contributed by atoms with E-state index in [4.69, 9.17) is 5.11 Å². The fraction of sp³-hybridized carbons (Fsp3) is 0.550. The zero-order chi connectivity index (χ0) is 18.0. The molecular weight excluding hydrogens is 304 g/mol. The first-order valence-electron chi connectivity index (χ1n) is 8.77. The van der Waals surface area contributed by atoms with E-state index in [2.05, 4.69) is 24.3 Å². The molecule has 0 amide bonds. The van der Waals surface area contributed by atoms with Gasteiger partial charge < -0.3 is 15.3 Å². The van der Waals surface area contributed by atoms with Crippen molar-refractivity contribution in [3.05, 3.63) is 48.6 Å². The highest BCUT2D eigenvalue weighted by atomic mass is 16.4. The molecule has 0 rings (SSSR count). The Bertz CT molecular complexity index is 421. The summed E-state index contributed by atoms with van der Waals surface area (Å²) >= 11 is 0. The molecule has 3 N–H and O–H groups in total. The maximum atomic E-state index is 10.3. The number of carboxylic acid groups (broad SMARTS) is 1. The van der Waals surface area contributed by atoms with E-state index < -0.39 is 12.1 Å². The molecule has 136 valence electrons. The van der Waals surface area contributed by atoms with Crippen LogP contribution in [0.1, 0.15) is 58.3 Å². The number of hydrogen-bond donors (Lipinski definition) is 3. The van der Waals surface area contributed by atoms with Crippen LogP contribution in [0, 0.1) is 0 Å². The van der Waals surface area contributed by atoms with Gasteiger partial charge in [0.1, 0.15) is 0 Å². The Morgan fingerprint density at radius 3 is 2.29 bits per heavy atom. The predicted molar refractivity (Wildman–Crippen MR) is 98.8 cm³/mol. The minimum Gasteiger partial charge on any atom is -0.481 e. The second-order valence-electron chi connectivity index (χ2n) is 5.72. The molecule has 0 aromatic carbocycles. The summed E-state index contributed by atoms with van der Waals surface area (Å²) in [5.41, 5.74) is 0. The van der Waals surface area contributed by atoms with Gasteiger partial charge >= 0.3 is 5.97 Å². The van der Waals surface area contributed by atoms with Gasteiger partial charge in [-0.15, -0.1) is 0 Å². The molecule has 4 heteroatoms. The van der Waals surface area contributed by atoms with Crippen molar-refractivity contribution in [2.75, 3.05) is 0 Å². The average molecular weight is 336 g/mol. The molecule has 0 saturated heterocycles. The van der Waals surface area contributed by atoms with Crippen molar-refractivity contribution in [2.45, 2.75) is 70.5 Å². The second-order valence-corrected chi connectivity index (χ2v) is 5.72. The molecule has 0 bridgehead atoms. The van der Waals surface area contributed by atoms with Crippen molar-refractivity contribution in [1.82, 2.24) is 0 Å². The van der Waals surface area contributed by atoms with Crippen molar-refractivity contribution >= 4 is 5.97 Å². The number of hydrogen-bond acceptors (Lipinski definition) is 3. The second kappa shape index (κ2) is 16.2. The van der Waals surface area contributed by atoms with Crippen LogP contribution in [-0.2, 0) is 4.79 Å². The molecule has 0 aliphatic carbocycles. The summed E-state index contributed by atoms with van der Waals surface area (Å²) in [5, 5.41) is 27.5. The zero-order valence-electron chi connectivity index (χ0n) is 14.7. The molecule has 0 heterocycles. The summed E-state index contributed by atoms with van der Waals surface area (Å²) in [6, 6.07) is 0. The van der Waals surface area contributed by atoms with Gasteiger partial charge in [0.05, 0.1) is 12.2 Å². The molecule has 0 aromatic heterocycles. The Balaban J connectivity index is 3.64. The Morgan fingerprint density at radius 1 is 0.958 bits per heavy atom. The molecule has 0 aromatic rings. The van der Waals surface area contributed by atoms with E-state index in [9.17, 15) is 15.0 Å². The van der Waals surface area contributed by atoms with Crippen molar-refractivity contribution in [1.29, 1.82) is 0 Å². The molecule has 2 unspecified atom stereocenters. The Labute approximate surface area is 145 Å². The number of aliphatic hydroxyl groups excluding tert-OH is 2. The average Bonchev–Trinajstić information content (AvgIpc) is 2.55. The fourth-order valence-electron chi connectivity index (χ4n) is 1.96. The lowest BCUT2D eigenvalue weighted by Crippen LogP contribution is -2.03. The molecule has 0 radical (unpaired) electrons. The number of carbonyl (C=O) groups is 1. The van der Waals surface area contributed by atoms with E-state index in [1.165, 1.54) is 0 Å². The molecule has 0 aliphatic heterocycles. The maximum Gasteiger partial charge on any atom is 0.303 e. The number of aliphatic hydroxyl groups is 2. The van der Waals surface area contributed by atoms with Gasteiger partial charge in [-0.25, -0.2) is 0 Å². The van der Waals surface area contributed by atoms with Gasteiger partial charge in [-0.3, -0.25) is 4.79 Å². The molecule has 2 atom stereocenters. The quantitative estimate of drug-likeness (QED) is 0.329. The van der Waals surface area contributed by atoms with Crippen LogP contribution >= 0.6 is 0 Å². The van der Waals surface area contributed by atoms with Crippen LogP contribution in [0.2, 0.25) is 0 Å². The predicted octanol–water partition coefficient (Wildman–Crippen LogP) is 4.16. The van der Waals surface area contributed by atoms with Gasteiger partial charge in [-0.05, 0) is 44.9 Å². The molecule has 4 nitrogen and oxygen atoms in total. The lowest BCUT2D eigenvalue weighted by atomic mass is 10.1. The summed E-state index contributed by atoms with van der Waals surface area (Å²) in [7, 11) is 0. The van der Waals surface area contributed by atoms with Crippen molar-refractivity contribution in [3.8, 4) is 0 Å². The van der Waals surface area contributed by atoms with Crippen LogP contribution in [0.25, 0.3) is 0 Å². The summed E-state index contributed by atoms with van der Waals surface area (Å²) < 4.78 is 0. The van der Waals surface area contributed by atoms with E-state index >= 15 is 0 Å². The summed E-state index contributed by atoms with van der Waals surface area (Å²) in [5.74, 6) is -0.828. The first-order valence-corrected chi connectivity index (χ1v) is 8.77. The highest BCUT2D eigenvalue weighted by Crippen LogP contribution is 2.03. The first-order chi connectivity index (χ1) is 11.6. The van der Waals surface area contributed by atoms with E-state index in [0.717, 1.165) is 32.1 Å². The van der Waals surface area contributed by atoms with E-state index in [1.807, 2.05) is 19.1 Å². The van der Waals surface area contributed by atoms with E-state index in [1.54, 1.807) is 12.2 Å². The number of rotatable bonds is 14. The molecular formula is C20H32O4. The van der Waals surface area contributed by atoms with E-state index in [0.29, 0.717) is 12.8 Å². The Kier molecular flexibility index (Phi) is 15.1.